The SMILES string of the molecule is CCOc1ncccc1CNC(=O)CSc1ccc(Cl)cc1. The van der Waals surface area contributed by atoms with E-state index in [0.717, 1.165) is 10.5 Å². The number of halogens is 1. The molecule has 0 aliphatic rings. The molecule has 116 valence electrons. The molecule has 22 heavy (non-hydrogen) atoms. The molecule has 0 bridgehead atoms. The van der Waals surface area contributed by atoms with Crippen LogP contribution in [-0.2, 0) is 11.3 Å². The van der Waals surface area contributed by atoms with Crippen LogP contribution in [0.2, 0.25) is 5.02 Å². The van der Waals surface area contributed by atoms with Crippen molar-refractivity contribution in [1.82, 2.24) is 10.3 Å². The van der Waals surface area contributed by atoms with Gasteiger partial charge in [-0.2, -0.15) is 0 Å². The number of ether oxygens (including phenoxy) is 1. The fourth-order valence-corrected chi connectivity index (χ4v) is 2.60. The number of carbonyl (C=O) groups excluding carboxylic acids is 1. The van der Waals surface area contributed by atoms with Crippen LogP contribution in [0.5, 0.6) is 5.88 Å². The van der Waals surface area contributed by atoms with Crippen LogP contribution >= 0.6 is 23.4 Å². The van der Waals surface area contributed by atoms with Crippen LogP contribution in [0.3, 0.4) is 0 Å². The average molecular weight is 337 g/mol. The largest absolute Gasteiger partial charge is 0.478 e. The Labute approximate surface area is 139 Å². The van der Waals surface area contributed by atoms with Gasteiger partial charge in [0.05, 0.1) is 12.4 Å². The molecular formula is C16H17ClN2O2S. The van der Waals surface area contributed by atoms with Crippen LogP contribution < -0.4 is 10.1 Å². The Bertz CT molecular complexity index is 620. The number of hydrogen-bond acceptors (Lipinski definition) is 4. The van der Waals surface area contributed by atoms with Crippen LogP contribution in [0.4, 0.5) is 0 Å². The zero-order chi connectivity index (χ0) is 15.8. The first-order chi connectivity index (χ1) is 10.7. The number of amides is 1. The van der Waals surface area contributed by atoms with Crippen molar-refractivity contribution >= 4 is 29.3 Å². The van der Waals surface area contributed by atoms with E-state index in [-0.39, 0.29) is 5.91 Å². The van der Waals surface area contributed by atoms with E-state index in [4.69, 9.17) is 16.3 Å². The molecule has 0 saturated heterocycles. The lowest BCUT2D eigenvalue weighted by atomic mass is 10.2. The summed E-state index contributed by atoms with van der Waals surface area (Å²) in [6.07, 6.45) is 1.67. The van der Waals surface area contributed by atoms with Gasteiger partial charge in [0, 0.05) is 28.2 Å². The fourth-order valence-electron chi connectivity index (χ4n) is 1.75. The fraction of sp³-hybridized carbons (Fsp3) is 0.250. The van der Waals surface area contributed by atoms with Gasteiger partial charge in [0.2, 0.25) is 11.8 Å². The highest BCUT2D eigenvalue weighted by Gasteiger charge is 2.07. The van der Waals surface area contributed by atoms with E-state index >= 15 is 0 Å². The van der Waals surface area contributed by atoms with Crippen molar-refractivity contribution in [3.63, 3.8) is 0 Å². The smallest absolute Gasteiger partial charge is 0.230 e. The molecule has 0 atom stereocenters. The van der Waals surface area contributed by atoms with Crippen molar-refractivity contribution in [2.24, 2.45) is 0 Å². The summed E-state index contributed by atoms with van der Waals surface area (Å²) in [4.78, 5) is 17.1. The highest BCUT2D eigenvalue weighted by molar-refractivity contribution is 8.00. The van der Waals surface area contributed by atoms with Crippen LogP contribution in [0.25, 0.3) is 0 Å². The number of pyridine rings is 1. The molecule has 6 heteroatoms. The predicted molar refractivity (Wildman–Crippen MR) is 89.4 cm³/mol. The number of nitrogens with zero attached hydrogens (tertiary/aromatic N) is 1. The molecule has 2 rings (SSSR count). The minimum atomic E-state index is -0.0359. The molecule has 0 saturated carbocycles. The lowest BCUT2D eigenvalue weighted by Crippen LogP contribution is -2.25. The maximum Gasteiger partial charge on any atom is 0.230 e. The third-order valence-electron chi connectivity index (χ3n) is 2.79. The van der Waals surface area contributed by atoms with E-state index in [9.17, 15) is 4.79 Å². The topological polar surface area (TPSA) is 51.2 Å². The first kappa shape index (κ1) is 16.6. The molecule has 0 unspecified atom stereocenters. The van der Waals surface area contributed by atoms with Crippen LogP contribution in [0.15, 0.2) is 47.5 Å². The number of nitrogens with one attached hydrogen (secondary N) is 1. The van der Waals surface area contributed by atoms with Gasteiger partial charge in [-0.15, -0.1) is 11.8 Å². The molecule has 1 aromatic carbocycles. The van der Waals surface area contributed by atoms with Gasteiger partial charge in [0.1, 0.15) is 0 Å². The van der Waals surface area contributed by atoms with E-state index in [1.165, 1.54) is 11.8 Å². The van der Waals surface area contributed by atoms with E-state index in [1.807, 2.05) is 43.3 Å². The first-order valence-corrected chi connectivity index (χ1v) is 8.27. The molecule has 1 N–H and O–H groups in total. The number of benzene rings is 1. The summed E-state index contributed by atoms with van der Waals surface area (Å²) in [7, 11) is 0. The maximum absolute atomic E-state index is 11.9. The van der Waals surface area contributed by atoms with Crippen molar-refractivity contribution in [2.45, 2.75) is 18.4 Å². The summed E-state index contributed by atoms with van der Waals surface area (Å²) in [6, 6.07) is 11.1. The molecule has 0 fully saturated rings. The second-order valence-corrected chi connectivity index (χ2v) is 5.91. The third kappa shape index (κ3) is 5.24. The molecule has 2 aromatic rings. The molecule has 0 radical (unpaired) electrons. The summed E-state index contributed by atoms with van der Waals surface area (Å²) in [6.45, 7) is 2.85. The Hall–Kier alpha value is -1.72. The number of carbonyl (C=O) groups is 1. The Kier molecular flexibility index (Phi) is 6.55. The summed E-state index contributed by atoms with van der Waals surface area (Å²) in [5.74, 6) is 0.883. The molecule has 1 heterocycles. The summed E-state index contributed by atoms with van der Waals surface area (Å²) >= 11 is 7.30. The van der Waals surface area contributed by atoms with Gasteiger partial charge in [-0.1, -0.05) is 17.7 Å². The van der Waals surface area contributed by atoms with E-state index in [1.54, 1.807) is 6.20 Å². The molecule has 1 aromatic heterocycles. The minimum Gasteiger partial charge on any atom is -0.478 e. The Balaban J connectivity index is 1.81. The quantitative estimate of drug-likeness (QED) is 0.786. The summed E-state index contributed by atoms with van der Waals surface area (Å²) < 4.78 is 5.43. The van der Waals surface area contributed by atoms with Crippen molar-refractivity contribution in [3.8, 4) is 5.88 Å². The molecule has 0 aliphatic carbocycles. The van der Waals surface area contributed by atoms with Gasteiger partial charge in [0.15, 0.2) is 0 Å². The minimum absolute atomic E-state index is 0.0359. The zero-order valence-corrected chi connectivity index (χ0v) is 13.8. The van der Waals surface area contributed by atoms with Gasteiger partial charge in [0.25, 0.3) is 0 Å². The Morgan fingerprint density at radius 3 is 2.82 bits per heavy atom. The number of hydrogen-bond donors (Lipinski definition) is 1. The van der Waals surface area contributed by atoms with Crippen molar-refractivity contribution in [2.75, 3.05) is 12.4 Å². The highest BCUT2D eigenvalue weighted by atomic mass is 35.5. The van der Waals surface area contributed by atoms with Crippen molar-refractivity contribution in [3.05, 3.63) is 53.2 Å². The average Bonchev–Trinajstić information content (AvgIpc) is 2.54. The zero-order valence-electron chi connectivity index (χ0n) is 12.2. The van der Waals surface area contributed by atoms with Crippen molar-refractivity contribution in [1.29, 1.82) is 0 Å². The van der Waals surface area contributed by atoms with Crippen LogP contribution in [-0.4, -0.2) is 23.3 Å². The van der Waals surface area contributed by atoms with Gasteiger partial charge >= 0.3 is 0 Å². The number of thioether (sulfide) groups is 1. The lowest BCUT2D eigenvalue weighted by Gasteiger charge is -2.09. The van der Waals surface area contributed by atoms with Gasteiger partial charge in [-0.3, -0.25) is 4.79 Å². The Morgan fingerprint density at radius 2 is 2.09 bits per heavy atom. The number of aromatic nitrogens is 1. The standard InChI is InChI=1S/C16H17ClN2O2S/c1-2-21-16-12(4-3-9-18-16)10-19-15(20)11-22-14-7-5-13(17)6-8-14/h3-9H,2,10-11H2,1H3,(H,19,20). The molecule has 0 spiro atoms. The molecule has 1 amide bonds. The summed E-state index contributed by atoms with van der Waals surface area (Å²) in [5.41, 5.74) is 0.870. The van der Waals surface area contributed by atoms with E-state index in [0.29, 0.717) is 29.8 Å². The maximum atomic E-state index is 11.9. The highest BCUT2D eigenvalue weighted by Crippen LogP contribution is 2.20. The molecule has 0 aliphatic heterocycles. The lowest BCUT2D eigenvalue weighted by molar-refractivity contribution is -0.118. The van der Waals surface area contributed by atoms with Crippen molar-refractivity contribution < 1.29 is 9.53 Å². The first-order valence-electron chi connectivity index (χ1n) is 6.90. The van der Waals surface area contributed by atoms with Gasteiger partial charge in [-0.25, -0.2) is 4.98 Å². The Morgan fingerprint density at radius 1 is 1.32 bits per heavy atom. The van der Waals surface area contributed by atoms with E-state index in [2.05, 4.69) is 10.3 Å². The van der Waals surface area contributed by atoms with E-state index < -0.39 is 0 Å². The third-order valence-corrected chi connectivity index (χ3v) is 4.05. The van der Waals surface area contributed by atoms with Gasteiger partial charge < -0.3 is 10.1 Å². The summed E-state index contributed by atoms with van der Waals surface area (Å²) in [5, 5.41) is 3.56. The number of rotatable bonds is 7. The van der Waals surface area contributed by atoms with Crippen LogP contribution in [0, 0.1) is 0 Å². The van der Waals surface area contributed by atoms with Gasteiger partial charge in [-0.05, 0) is 37.3 Å². The molecule has 4 nitrogen and oxygen atoms in total. The molecular weight excluding hydrogens is 320 g/mol. The van der Waals surface area contributed by atoms with Crippen LogP contribution in [0.1, 0.15) is 12.5 Å². The monoisotopic (exact) mass is 336 g/mol. The normalized spacial score (nSPS) is 10.3. The predicted octanol–water partition coefficient (Wildman–Crippen LogP) is 3.54. The second kappa shape index (κ2) is 8.66. The second-order valence-electron chi connectivity index (χ2n) is 4.42.